The van der Waals surface area contributed by atoms with Crippen molar-refractivity contribution in [2.75, 3.05) is 7.11 Å². The topological polar surface area (TPSA) is 85.6 Å². The second kappa shape index (κ2) is 7.79. The maximum absolute atomic E-state index is 12.8. The molecule has 0 aliphatic rings. The zero-order valence-corrected chi connectivity index (χ0v) is 16.8. The van der Waals surface area contributed by atoms with Crippen molar-refractivity contribution in [1.82, 2.24) is 15.2 Å². The molecule has 0 fully saturated rings. The number of amides is 1. The second-order valence-corrected chi connectivity index (χ2v) is 6.82. The van der Waals surface area contributed by atoms with Gasteiger partial charge in [0.25, 0.3) is 11.5 Å². The zero-order chi connectivity index (χ0) is 21.3. The van der Waals surface area contributed by atoms with Crippen molar-refractivity contribution in [3.63, 3.8) is 0 Å². The number of methoxy groups -OCH3 is 1. The fourth-order valence-corrected chi connectivity index (χ4v) is 3.48. The highest BCUT2D eigenvalue weighted by atomic mass is 16.5. The number of hydrazone groups is 1. The fraction of sp³-hybridized carbons (Fsp3) is 0.130. The third-order valence-corrected chi connectivity index (χ3v) is 4.99. The summed E-state index contributed by atoms with van der Waals surface area (Å²) in [4.78, 5) is 25.1. The van der Waals surface area contributed by atoms with Gasteiger partial charge in [0.2, 0.25) is 0 Å². The van der Waals surface area contributed by atoms with Crippen LogP contribution in [0.4, 0.5) is 0 Å². The van der Waals surface area contributed by atoms with Gasteiger partial charge >= 0.3 is 0 Å². The van der Waals surface area contributed by atoms with Crippen LogP contribution in [-0.2, 0) is 7.05 Å². The van der Waals surface area contributed by atoms with Crippen molar-refractivity contribution in [1.29, 1.82) is 0 Å². The van der Waals surface area contributed by atoms with Gasteiger partial charge < -0.3 is 4.74 Å². The lowest BCUT2D eigenvalue weighted by molar-refractivity contribution is 0.0949. The van der Waals surface area contributed by atoms with Crippen molar-refractivity contribution in [2.24, 2.45) is 12.1 Å². The van der Waals surface area contributed by atoms with E-state index in [1.54, 1.807) is 31.4 Å². The molecule has 30 heavy (non-hydrogen) atoms. The molecule has 0 saturated heterocycles. The van der Waals surface area contributed by atoms with E-state index in [2.05, 4.69) is 15.6 Å². The quantitative estimate of drug-likeness (QED) is 0.421. The van der Waals surface area contributed by atoms with Crippen molar-refractivity contribution >= 4 is 33.2 Å². The van der Waals surface area contributed by atoms with Crippen LogP contribution >= 0.6 is 0 Å². The number of hydrogen-bond donors (Lipinski definition) is 1. The summed E-state index contributed by atoms with van der Waals surface area (Å²) in [5, 5.41) is 11.3. The Labute approximate surface area is 172 Å². The van der Waals surface area contributed by atoms with Gasteiger partial charge in [-0.2, -0.15) is 10.2 Å². The van der Waals surface area contributed by atoms with E-state index in [1.807, 2.05) is 43.3 Å². The molecule has 1 amide bonds. The number of benzene rings is 3. The Balaban J connectivity index is 1.71. The number of carbonyl (C=O) groups is 1. The number of ether oxygens (including phenoxy) is 1. The second-order valence-electron chi connectivity index (χ2n) is 6.82. The molecule has 4 rings (SSSR count). The summed E-state index contributed by atoms with van der Waals surface area (Å²) in [6.45, 7) is 1.82. The van der Waals surface area contributed by atoms with Gasteiger partial charge in [-0.3, -0.25) is 9.59 Å². The van der Waals surface area contributed by atoms with Gasteiger partial charge in [0.05, 0.1) is 18.2 Å². The molecule has 3 aromatic carbocycles. The third-order valence-electron chi connectivity index (χ3n) is 4.99. The Hall–Kier alpha value is -4.00. The Bertz CT molecular complexity index is 1370. The molecule has 0 spiro atoms. The SMILES string of the molecule is COc1ccc(/C(C)=N\NC(=O)c2nn(C)c(=O)c3ccccc23)c2ccccc12. The van der Waals surface area contributed by atoms with E-state index in [9.17, 15) is 9.59 Å². The van der Waals surface area contributed by atoms with Crippen LogP contribution in [0.25, 0.3) is 21.5 Å². The standard InChI is InChI=1S/C23H20N4O3/c1-14(15-12-13-20(30-3)17-9-5-4-8-16(15)17)24-25-22(28)21-18-10-6-7-11-19(18)23(29)27(2)26-21/h4-13H,1-3H3,(H,25,28)/b24-14-. The number of nitrogens with zero attached hydrogens (tertiary/aromatic N) is 3. The summed E-state index contributed by atoms with van der Waals surface area (Å²) in [6.07, 6.45) is 0. The zero-order valence-electron chi connectivity index (χ0n) is 16.8. The first kappa shape index (κ1) is 19.3. The molecule has 4 aromatic rings. The first-order chi connectivity index (χ1) is 14.5. The number of aryl methyl sites for hydroxylation is 1. The first-order valence-corrected chi connectivity index (χ1v) is 9.38. The lowest BCUT2D eigenvalue weighted by atomic mass is 10.0. The molecule has 0 saturated carbocycles. The van der Waals surface area contributed by atoms with E-state index in [0.717, 1.165) is 26.8 Å². The third kappa shape index (κ3) is 3.30. The molecule has 1 aromatic heterocycles. The monoisotopic (exact) mass is 400 g/mol. The number of aromatic nitrogens is 2. The van der Waals surface area contributed by atoms with Crippen LogP contribution < -0.4 is 15.7 Å². The van der Waals surface area contributed by atoms with Crippen LogP contribution in [-0.4, -0.2) is 28.5 Å². The van der Waals surface area contributed by atoms with Crippen molar-refractivity contribution < 1.29 is 9.53 Å². The summed E-state index contributed by atoms with van der Waals surface area (Å²) >= 11 is 0. The number of rotatable bonds is 4. The molecular weight excluding hydrogens is 380 g/mol. The van der Waals surface area contributed by atoms with E-state index in [0.29, 0.717) is 16.5 Å². The van der Waals surface area contributed by atoms with Crippen molar-refractivity contribution in [3.8, 4) is 5.75 Å². The first-order valence-electron chi connectivity index (χ1n) is 9.38. The van der Waals surface area contributed by atoms with Crippen LogP contribution in [0.1, 0.15) is 23.0 Å². The van der Waals surface area contributed by atoms with Crippen LogP contribution in [0.3, 0.4) is 0 Å². The normalized spacial score (nSPS) is 11.6. The van der Waals surface area contributed by atoms with E-state index in [-0.39, 0.29) is 11.3 Å². The van der Waals surface area contributed by atoms with Gasteiger partial charge in [0.15, 0.2) is 5.69 Å². The average molecular weight is 400 g/mol. The lowest BCUT2D eigenvalue weighted by Crippen LogP contribution is -2.27. The highest BCUT2D eigenvalue weighted by Crippen LogP contribution is 2.28. The summed E-state index contributed by atoms with van der Waals surface area (Å²) in [6, 6.07) is 18.5. The molecule has 1 heterocycles. The molecule has 0 atom stereocenters. The highest BCUT2D eigenvalue weighted by Gasteiger charge is 2.15. The van der Waals surface area contributed by atoms with Crippen LogP contribution in [0.2, 0.25) is 0 Å². The minimum Gasteiger partial charge on any atom is -0.496 e. The summed E-state index contributed by atoms with van der Waals surface area (Å²) in [7, 11) is 3.15. The van der Waals surface area contributed by atoms with Gasteiger partial charge in [-0.25, -0.2) is 10.1 Å². The fourth-order valence-electron chi connectivity index (χ4n) is 3.48. The highest BCUT2D eigenvalue weighted by molar-refractivity contribution is 6.12. The molecule has 7 nitrogen and oxygen atoms in total. The Morgan fingerprint density at radius 2 is 1.60 bits per heavy atom. The Morgan fingerprint density at radius 1 is 0.967 bits per heavy atom. The van der Waals surface area contributed by atoms with Crippen LogP contribution in [0.5, 0.6) is 5.75 Å². The van der Waals surface area contributed by atoms with Crippen LogP contribution in [0.15, 0.2) is 70.6 Å². The van der Waals surface area contributed by atoms with Gasteiger partial charge in [-0.1, -0.05) is 42.5 Å². The van der Waals surface area contributed by atoms with Gasteiger partial charge in [-0.05, 0) is 30.5 Å². The molecule has 0 unspecified atom stereocenters. The molecule has 150 valence electrons. The molecule has 7 heteroatoms. The predicted octanol–water partition coefficient (Wildman–Crippen LogP) is 3.25. The van der Waals surface area contributed by atoms with Crippen molar-refractivity contribution in [3.05, 3.63) is 82.3 Å². The largest absolute Gasteiger partial charge is 0.496 e. The maximum Gasteiger partial charge on any atom is 0.292 e. The van der Waals surface area contributed by atoms with Crippen LogP contribution in [0, 0.1) is 0 Å². The number of fused-ring (bicyclic) bond motifs is 2. The minimum atomic E-state index is -0.487. The molecular formula is C23H20N4O3. The molecule has 0 aliphatic heterocycles. The number of nitrogens with one attached hydrogen (secondary N) is 1. The summed E-state index contributed by atoms with van der Waals surface area (Å²) in [5.41, 5.74) is 3.97. The maximum atomic E-state index is 12.8. The smallest absolute Gasteiger partial charge is 0.292 e. The van der Waals surface area contributed by atoms with Gasteiger partial charge in [0, 0.05) is 23.4 Å². The Kier molecular flexibility index (Phi) is 5.02. The summed E-state index contributed by atoms with van der Waals surface area (Å²) < 4.78 is 6.59. The van der Waals surface area contributed by atoms with E-state index in [1.165, 1.54) is 7.05 Å². The predicted molar refractivity (Wildman–Crippen MR) is 117 cm³/mol. The summed E-state index contributed by atoms with van der Waals surface area (Å²) in [5.74, 6) is 0.283. The van der Waals surface area contributed by atoms with E-state index >= 15 is 0 Å². The number of carbonyl (C=O) groups excluding carboxylic acids is 1. The number of hydrogen-bond acceptors (Lipinski definition) is 5. The molecule has 1 N–H and O–H groups in total. The Morgan fingerprint density at radius 3 is 2.30 bits per heavy atom. The molecule has 0 radical (unpaired) electrons. The molecule has 0 bridgehead atoms. The van der Waals surface area contributed by atoms with Gasteiger partial charge in [-0.15, -0.1) is 0 Å². The van der Waals surface area contributed by atoms with Crippen molar-refractivity contribution in [2.45, 2.75) is 6.92 Å². The minimum absolute atomic E-state index is 0.142. The molecule has 0 aliphatic carbocycles. The van der Waals surface area contributed by atoms with E-state index < -0.39 is 5.91 Å². The van der Waals surface area contributed by atoms with Gasteiger partial charge in [0.1, 0.15) is 5.75 Å². The van der Waals surface area contributed by atoms with E-state index in [4.69, 9.17) is 4.74 Å². The lowest BCUT2D eigenvalue weighted by Gasteiger charge is -2.11. The average Bonchev–Trinajstić information content (AvgIpc) is 2.78.